The molecule has 0 bridgehead atoms. The summed E-state index contributed by atoms with van der Waals surface area (Å²) in [6, 6.07) is 0. The first kappa shape index (κ1) is 88.1. The lowest BCUT2D eigenvalue weighted by Gasteiger charge is -2.21. The highest BCUT2D eigenvalue weighted by Gasteiger charge is 2.30. The fourth-order valence-corrected chi connectivity index (χ4v) is 12.2. The van der Waals surface area contributed by atoms with E-state index < -0.39 is 97.5 Å². The number of hydrogen-bond acceptors (Lipinski definition) is 15. The molecule has 0 amide bonds. The van der Waals surface area contributed by atoms with E-state index in [4.69, 9.17) is 37.0 Å². The Morgan fingerprint density at radius 3 is 0.789 bits per heavy atom. The van der Waals surface area contributed by atoms with Crippen molar-refractivity contribution in [2.75, 3.05) is 39.6 Å². The molecule has 0 saturated carbocycles. The molecule has 17 nitrogen and oxygen atoms in total. The summed E-state index contributed by atoms with van der Waals surface area (Å²) in [4.78, 5) is 72.5. The summed E-state index contributed by atoms with van der Waals surface area (Å²) < 4.78 is 68.3. The van der Waals surface area contributed by atoms with Gasteiger partial charge in [0.15, 0.2) is 12.2 Å². The second kappa shape index (κ2) is 60.7. The van der Waals surface area contributed by atoms with E-state index in [1.165, 1.54) is 148 Å². The number of unbranched alkanes of at least 4 members (excludes halogenated alkanes) is 33. The summed E-state index contributed by atoms with van der Waals surface area (Å²) in [7, 11) is -9.90. The summed E-state index contributed by atoms with van der Waals surface area (Å²) in [6.45, 7) is 14.1. The van der Waals surface area contributed by atoms with Gasteiger partial charge in [-0.2, -0.15) is 0 Å². The van der Waals surface area contributed by atoms with Gasteiger partial charge < -0.3 is 33.8 Å². The van der Waals surface area contributed by atoms with Crippen LogP contribution in [0.25, 0.3) is 0 Å². The zero-order valence-electron chi connectivity index (χ0n) is 58.8. The van der Waals surface area contributed by atoms with Gasteiger partial charge in [0, 0.05) is 25.7 Å². The normalized spacial score (nSPS) is 14.6. The molecule has 0 aliphatic rings. The third-order valence-electron chi connectivity index (χ3n) is 16.7. The first-order valence-corrected chi connectivity index (χ1v) is 39.7. The molecule has 19 heteroatoms. The van der Waals surface area contributed by atoms with Crippen LogP contribution in [-0.4, -0.2) is 96.7 Å². The van der Waals surface area contributed by atoms with Gasteiger partial charge in [-0.15, -0.1) is 0 Å². The highest BCUT2D eigenvalue weighted by atomic mass is 31.2. The van der Waals surface area contributed by atoms with Crippen molar-refractivity contribution in [3.05, 3.63) is 0 Å². The van der Waals surface area contributed by atoms with Crippen LogP contribution in [0.3, 0.4) is 0 Å². The van der Waals surface area contributed by atoms with Crippen LogP contribution in [-0.2, 0) is 65.4 Å². The summed E-state index contributed by atoms with van der Waals surface area (Å²) in [6.07, 6.45) is 43.2. The first-order valence-electron chi connectivity index (χ1n) is 36.7. The van der Waals surface area contributed by atoms with Crippen LogP contribution in [0.5, 0.6) is 0 Å². The van der Waals surface area contributed by atoms with E-state index in [9.17, 15) is 43.2 Å². The van der Waals surface area contributed by atoms with Gasteiger partial charge in [0.05, 0.1) is 26.4 Å². The van der Waals surface area contributed by atoms with Crippen LogP contribution >= 0.6 is 15.6 Å². The Morgan fingerprint density at radius 2 is 0.533 bits per heavy atom. The molecule has 0 aromatic heterocycles. The minimum Gasteiger partial charge on any atom is -0.462 e. The van der Waals surface area contributed by atoms with E-state index in [1.54, 1.807) is 0 Å². The lowest BCUT2D eigenvalue weighted by Crippen LogP contribution is -2.30. The predicted octanol–water partition coefficient (Wildman–Crippen LogP) is 20.1. The minimum absolute atomic E-state index is 0.103. The summed E-state index contributed by atoms with van der Waals surface area (Å²) in [5, 5.41) is 10.6. The Hall–Kier alpha value is -1.94. The standard InChI is InChI=1S/C71H138O17P2/c1-9-64(8)50-42-34-29-30-36-44-52-69(74)82-58-67(88-71(76)54-46-38-28-22-20-25-33-41-49-63(6)7)60-86-90(79,80)84-56-65(72)55-83-89(77,78)85-59-66(87-70(75)53-45-37-27-21-19-24-32-40-48-62(4)5)57-81-68(73)51-43-35-26-18-16-14-12-10-11-13-15-17-23-31-39-47-61(2)3/h61-67,72H,9-60H2,1-8H3,(H,77,78)(H,79,80)/t64?,65-,66-,67-/m1/s1. The van der Waals surface area contributed by atoms with Crippen LogP contribution < -0.4 is 0 Å². The smallest absolute Gasteiger partial charge is 0.462 e. The van der Waals surface area contributed by atoms with Gasteiger partial charge >= 0.3 is 39.5 Å². The van der Waals surface area contributed by atoms with Crippen LogP contribution in [0.15, 0.2) is 0 Å². The van der Waals surface area contributed by atoms with Gasteiger partial charge in [-0.3, -0.25) is 37.3 Å². The van der Waals surface area contributed by atoms with Crippen LogP contribution in [0.1, 0.15) is 351 Å². The number of carbonyl (C=O) groups is 4. The van der Waals surface area contributed by atoms with Crippen molar-refractivity contribution in [1.29, 1.82) is 0 Å². The molecule has 0 aromatic rings. The number of phosphoric acid groups is 2. The van der Waals surface area contributed by atoms with Crippen molar-refractivity contribution in [2.24, 2.45) is 23.7 Å². The van der Waals surface area contributed by atoms with E-state index in [1.807, 2.05) is 0 Å². The molecule has 0 aliphatic carbocycles. The average Bonchev–Trinajstić information content (AvgIpc) is 3.69. The van der Waals surface area contributed by atoms with Gasteiger partial charge in [-0.1, -0.05) is 299 Å². The molecule has 0 fully saturated rings. The maximum absolute atomic E-state index is 13.0. The maximum atomic E-state index is 13.0. The molecule has 0 radical (unpaired) electrons. The highest BCUT2D eigenvalue weighted by Crippen LogP contribution is 2.45. The van der Waals surface area contributed by atoms with Crippen molar-refractivity contribution < 1.29 is 80.2 Å². The lowest BCUT2D eigenvalue weighted by molar-refractivity contribution is -0.161. The molecule has 0 heterocycles. The number of carbonyl (C=O) groups excluding carboxylic acids is 4. The third-order valence-corrected chi connectivity index (χ3v) is 18.6. The van der Waals surface area contributed by atoms with Crippen molar-refractivity contribution in [2.45, 2.75) is 369 Å². The third kappa shape index (κ3) is 63.5. The number of aliphatic hydroxyl groups excluding tert-OH is 1. The second-order valence-electron chi connectivity index (χ2n) is 27.3. The highest BCUT2D eigenvalue weighted by molar-refractivity contribution is 7.47. The Labute approximate surface area is 549 Å². The van der Waals surface area contributed by atoms with Crippen LogP contribution in [0.4, 0.5) is 0 Å². The minimum atomic E-state index is -4.95. The molecule has 0 rings (SSSR count). The molecule has 0 aromatic carbocycles. The number of aliphatic hydroxyl groups is 1. The fourth-order valence-electron chi connectivity index (χ4n) is 10.6. The largest absolute Gasteiger partial charge is 0.472 e. The van der Waals surface area contributed by atoms with E-state index in [2.05, 4.69) is 55.4 Å². The van der Waals surface area contributed by atoms with E-state index >= 15 is 0 Å². The second-order valence-corrected chi connectivity index (χ2v) is 30.2. The number of hydrogen-bond donors (Lipinski definition) is 3. The fraction of sp³-hybridized carbons (Fsp3) is 0.944. The molecule has 3 unspecified atom stereocenters. The van der Waals surface area contributed by atoms with Gasteiger partial charge in [0.2, 0.25) is 0 Å². The van der Waals surface area contributed by atoms with Gasteiger partial charge in [0.25, 0.3) is 0 Å². The van der Waals surface area contributed by atoms with E-state index in [-0.39, 0.29) is 25.7 Å². The molecular weight excluding hydrogens is 1190 g/mol. The summed E-state index contributed by atoms with van der Waals surface area (Å²) in [5.74, 6) is 0.842. The SMILES string of the molecule is CCC(C)CCCCCCCCC(=O)OC[C@H](COP(=O)(O)OC[C@H](O)COP(=O)(O)OC[C@@H](COC(=O)CCCCCCCCCCCCCCCCCC(C)C)OC(=O)CCCCCCCCCCC(C)C)OC(=O)CCCCCCCCCCC(C)C. The Bertz CT molecular complexity index is 1780. The molecule has 90 heavy (non-hydrogen) atoms. The van der Waals surface area contributed by atoms with Crippen LogP contribution in [0.2, 0.25) is 0 Å². The summed E-state index contributed by atoms with van der Waals surface area (Å²) >= 11 is 0. The molecule has 3 N–H and O–H groups in total. The molecular formula is C71H138O17P2. The molecule has 6 atom stereocenters. The Kier molecular flexibility index (Phi) is 59.4. The number of phosphoric ester groups is 2. The van der Waals surface area contributed by atoms with E-state index in [0.717, 1.165) is 120 Å². The Morgan fingerprint density at radius 1 is 0.311 bits per heavy atom. The zero-order valence-corrected chi connectivity index (χ0v) is 60.6. The van der Waals surface area contributed by atoms with Gasteiger partial charge in [-0.25, -0.2) is 9.13 Å². The number of esters is 4. The molecule has 0 spiro atoms. The maximum Gasteiger partial charge on any atom is 0.472 e. The van der Waals surface area contributed by atoms with Crippen molar-refractivity contribution >= 4 is 39.5 Å². The quantitative estimate of drug-likeness (QED) is 0.0222. The van der Waals surface area contributed by atoms with Gasteiger partial charge in [-0.05, 0) is 49.4 Å². The average molecular weight is 1330 g/mol. The first-order chi connectivity index (χ1) is 43.1. The van der Waals surface area contributed by atoms with Crippen LogP contribution in [0, 0.1) is 23.7 Å². The summed E-state index contributed by atoms with van der Waals surface area (Å²) in [5.41, 5.74) is 0. The predicted molar refractivity (Wildman–Crippen MR) is 363 cm³/mol. The molecule has 0 saturated heterocycles. The molecule has 534 valence electrons. The topological polar surface area (TPSA) is 237 Å². The zero-order chi connectivity index (χ0) is 66.8. The molecule has 0 aliphatic heterocycles. The van der Waals surface area contributed by atoms with Crippen molar-refractivity contribution in [1.82, 2.24) is 0 Å². The van der Waals surface area contributed by atoms with Crippen molar-refractivity contribution in [3.8, 4) is 0 Å². The monoisotopic (exact) mass is 1320 g/mol. The number of ether oxygens (including phenoxy) is 4. The number of rotatable bonds is 68. The van der Waals surface area contributed by atoms with Crippen molar-refractivity contribution in [3.63, 3.8) is 0 Å². The Balaban J connectivity index is 5.20. The van der Waals surface area contributed by atoms with Gasteiger partial charge in [0.1, 0.15) is 19.3 Å². The lowest BCUT2D eigenvalue weighted by atomic mass is 10.00. The van der Waals surface area contributed by atoms with E-state index in [0.29, 0.717) is 25.7 Å².